The molecule has 0 radical (unpaired) electrons. The van der Waals surface area contributed by atoms with Crippen LogP contribution in [-0.4, -0.2) is 11.6 Å². The van der Waals surface area contributed by atoms with Crippen LogP contribution in [0.5, 0.6) is 0 Å². The lowest BCUT2D eigenvalue weighted by Crippen LogP contribution is -2.18. The Morgan fingerprint density at radius 1 is 1.19 bits per heavy atom. The van der Waals surface area contributed by atoms with Gasteiger partial charge in [-0.3, -0.25) is 4.79 Å². The summed E-state index contributed by atoms with van der Waals surface area (Å²) < 4.78 is 5.42. The largest absolute Gasteiger partial charge is 0.376 e. The number of halogens is 1. The molecule has 0 saturated heterocycles. The summed E-state index contributed by atoms with van der Waals surface area (Å²) in [5.41, 5.74) is 2.17. The monoisotopic (exact) mass is 237 g/mol. The van der Waals surface area contributed by atoms with Crippen LogP contribution in [0.25, 0.3) is 10.8 Å². The predicted molar refractivity (Wildman–Crippen MR) is 65.2 cm³/mol. The molecule has 0 amide bonds. The van der Waals surface area contributed by atoms with Gasteiger partial charge >= 0.3 is 0 Å². The Hall–Kier alpha value is -1.32. The van der Waals surface area contributed by atoms with E-state index in [-0.39, 0.29) is 18.0 Å². The first-order valence-electron chi connectivity index (χ1n) is 5.07. The summed E-state index contributed by atoms with van der Waals surface area (Å²) in [6.07, 6.45) is 0.801. The number of ether oxygens (including phenoxy) is 1. The molecular formula is C12H12ClNO2. The van der Waals surface area contributed by atoms with Crippen molar-refractivity contribution in [2.45, 2.75) is 13.0 Å². The van der Waals surface area contributed by atoms with Gasteiger partial charge < -0.3 is 9.72 Å². The highest BCUT2D eigenvalue weighted by molar-refractivity contribution is 5.85. The van der Waals surface area contributed by atoms with Crippen molar-refractivity contribution in [3.8, 4) is 0 Å². The first-order valence-corrected chi connectivity index (χ1v) is 5.07. The number of aromatic nitrogens is 1. The van der Waals surface area contributed by atoms with Crippen LogP contribution < -0.4 is 5.56 Å². The molecule has 2 heterocycles. The standard InChI is InChI=1S/C12H11NO2.ClH/c14-12-9-4-2-1-3-8(9)10-7-15-6-5-11(10)13-12;/h1-4H,5-7H2,(H,13,14);1H. The molecule has 4 heteroatoms. The molecule has 1 aromatic carbocycles. The van der Waals surface area contributed by atoms with Crippen molar-refractivity contribution in [1.82, 2.24) is 4.98 Å². The van der Waals surface area contributed by atoms with Gasteiger partial charge in [-0.05, 0) is 11.5 Å². The van der Waals surface area contributed by atoms with Gasteiger partial charge in [0.05, 0.1) is 13.2 Å². The normalized spacial score (nSPS) is 14.2. The minimum atomic E-state index is 0. The van der Waals surface area contributed by atoms with E-state index >= 15 is 0 Å². The Bertz CT molecular complexity index is 577. The van der Waals surface area contributed by atoms with Crippen molar-refractivity contribution in [2.75, 3.05) is 6.61 Å². The third-order valence-corrected chi connectivity index (χ3v) is 2.87. The zero-order valence-corrected chi connectivity index (χ0v) is 9.47. The van der Waals surface area contributed by atoms with Crippen LogP contribution in [0, 0.1) is 0 Å². The molecule has 84 valence electrons. The van der Waals surface area contributed by atoms with Gasteiger partial charge in [0.1, 0.15) is 0 Å². The molecule has 0 saturated carbocycles. The molecular weight excluding hydrogens is 226 g/mol. The maximum Gasteiger partial charge on any atom is 0.256 e. The molecule has 1 aromatic heterocycles. The van der Waals surface area contributed by atoms with Crippen molar-refractivity contribution >= 4 is 23.2 Å². The molecule has 16 heavy (non-hydrogen) atoms. The van der Waals surface area contributed by atoms with Crippen molar-refractivity contribution in [2.24, 2.45) is 0 Å². The third-order valence-electron chi connectivity index (χ3n) is 2.87. The van der Waals surface area contributed by atoms with Gasteiger partial charge in [-0.2, -0.15) is 0 Å². The predicted octanol–water partition coefficient (Wildman–Crippen LogP) is 2.02. The maximum atomic E-state index is 11.8. The molecule has 0 bridgehead atoms. The van der Waals surface area contributed by atoms with E-state index in [4.69, 9.17) is 4.74 Å². The van der Waals surface area contributed by atoms with Crippen LogP contribution in [0.1, 0.15) is 11.3 Å². The van der Waals surface area contributed by atoms with Gasteiger partial charge in [-0.1, -0.05) is 18.2 Å². The van der Waals surface area contributed by atoms with Crippen LogP contribution in [0.3, 0.4) is 0 Å². The molecule has 1 aliphatic rings. The Balaban J connectivity index is 0.000000963. The Morgan fingerprint density at radius 3 is 2.75 bits per heavy atom. The minimum Gasteiger partial charge on any atom is -0.376 e. The average molecular weight is 238 g/mol. The molecule has 0 unspecified atom stereocenters. The highest BCUT2D eigenvalue weighted by Crippen LogP contribution is 2.21. The van der Waals surface area contributed by atoms with Crippen LogP contribution >= 0.6 is 12.4 Å². The number of rotatable bonds is 0. The zero-order chi connectivity index (χ0) is 10.3. The van der Waals surface area contributed by atoms with E-state index in [0.29, 0.717) is 13.2 Å². The Kier molecular flexibility index (Phi) is 2.99. The quantitative estimate of drug-likeness (QED) is 0.762. The number of fused-ring (bicyclic) bond motifs is 3. The highest BCUT2D eigenvalue weighted by Gasteiger charge is 2.14. The summed E-state index contributed by atoms with van der Waals surface area (Å²) in [6.45, 7) is 1.30. The fourth-order valence-electron chi connectivity index (χ4n) is 2.11. The molecule has 0 aliphatic carbocycles. The molecule has 0 atom stereocenters. The lowest BCUT2D eigenvalue weighted by molar-refractivity contribution is 0.110. The number of aromatic amines is 1. The molecule has 2 aromatic rings. The summed E-state index contributed by atoms with van der Waals surface area (Å²) in [5.74, 6) is 0. The van der Waals surface area contributed by atoms with Gasteiger partial charge in [0.25, 0.3) is 5.56 Å². The second-order valence-corrected chi connectivity index (χ2v) is 3.76. The number of hydrogen-bond acceptors (Lipinski definition) is 2. The Labute approximate surface area is 98.8 Å². The summed E-state index contributed by atoms with van der Waals surface area (Å²) in [5, 5.41) is 1.78. The van der Waals surface area contributed by atoms with Crippen molar-refractivity contribution < 1.29 is 4.74 Å². The summed E-state index contributed by atoms with van der Waals surface area (Å²) in [6, 6.07) is 7.67. The van der Waals surface area contributed by atoms with Crippen molar-refractivity contribution in [1.29, 1.82) is 0 Å². The van der Waals surface area contributed by atoms with Gasteiger partial charge in [0, 0.05) is 23.1 Å². The number of hydrogen-bond donors (Lipinski definition) is 1. The first-order chi connectivity index (χ1) is 7.36. The Morgan fingerprint density at radius 2 is 1.94 bits per heavy atom. The fraction of sp³-hybridized carbons (Fsp3) is 0.250. The lowest BCUT2D eigenvalue weighted by atomic mass is 10.0. The SMILES string of the molecule is Cl.O=c1[nH]c2c(c3ccccc13)COCC2. The summed E-state index contributed by atoms with van der Waals surface area (Å²) in [7, 11) is 0. The highest BCUT2D eigenvalue weighted by atomic mass is 35.5. The van der Waals surface area contributed by atoms with Gasteiger partial charge in [-0.25, -0.2) is 0 Å². The van der Waals surface area contributed by atoms with E-state index < -0.39 is 0 Å². The second kappa shape index (κ2) is 4.28. The molecule has 1 N–H and O–H groups in total. The maximum absolute atomic E-state index is 11.8. The van der Waals surface area contributed by atoms with E-state index in [9.17, 15) is 4.79 Å². The van der Waals surface area contributed by atoms with Gasteiger partial charge in [0.15, 0.2) is 0 Å². The van der Waals surface area contributed by atoms with E-state index in [1.165, 1.54) is 0 Å². The van der Waals surface area contributed by atoms with Gasteiger partial charge in [-0.15, -0.1) is 12.4 Å². The number of benzene rings is 1. The summed E-state index contributed by atoms with van der Waals surface area (Å²) >= 11 is 0. The van der Waals surface area contributed by atoms with Crippen molar-refractivity contribution in [3.63, 3.8) is 0 Å². The lowest BCUT2D eigenvalue weighted by Gasteiger charge is -2.17. The molecule has 0 spiro atoms. The van der Waals surface area contributed by atoms with Crippen LogP contribution in [-0.2, 0) is 17.8 Å². The van der Waals surface area contributed by atoms with E-state index in [1.807, 2.05) is 24.3 Å². The zero-order valence-electron chi connectivity index (χ0n) is 8.66. The number of H-pyrrole nitrogens is 1. The average Bonchev–Trinajstić information content (AvgIpc) is 2.30. The van der Waals surface area contributed by atoms with E-state index in [2.05, 4.69) is 4.98 Å². The smallest absolute Gasteiger partial charge is 0.256 e. The van der Waals surface area contributed by atoms with E-state index in [1.54, 1.807) is 0 Å². The number of nitrogens with one attached hydrogen (secondary N) is 1. The van der Waals surface area contributed by atoms with Gasteiger partial charge in [0.2, 0.25) is 0 Å². The molecule has 1 aliphatic heterocycles. The van der Waals surface area contributed by atoms with E-state index in [0.717, 1.165) is 28.5 Å². The second-order valence-electron chi connectivity index (χ2n) is 3.76. The third kappa shape index (κ3) is 1.62. The first kappa shape index (κ1) is 11.2. The molecule has 0 fully saturated rings. The summed E-state index contributed by atoms with van der Waals surface area (Å²) in [4.78, 5) is 14.7. The topological polar surface area (TPSA) is 42.1 Å². The van der Waals surface area contributed by atoms with Crippen LogP contribution in [0.15, 0.2) is 29.1 Å². The fourth-order valence-corrected chi connectivity index (χ4v) is 2.11. The molecule has 3 nitrogen and oxygen atoms in total. The molecule has 3 rings (SSSR count). The van der Waals surface area contributed by atoms with Crippen LogP contribution in [0.2, 0.25) is 0 Å². The minimum absolute atomic E-state index is 0. The number of pyridine rings is 1. The van der Waals surface area contributed by atoms with Crippen molar-refractivity contribution in [3.05, 3.63) is 45.9 Å². The van der Waals surface area contributed by atoms with Crippen LogP contribution in [0.4, 0.5) is 0 Å².